The predicted molar refractivity (Wildman–Crippen MR) is 95.4 cm³/mol. The summed E-state index contributed by atoms with van der Waals surface area (Å²) in [4.78, 5) is 23.7. The van der Waals surface area contributed by atoms with Crippen molar-refractivity contribution in [1.29, 1.82) is 0 Å². The van der Waals surface area contributed by atoms with Crippen LogP contribution in [-0.4, -0.2) is 25.7 Å². The number of hydrogen-bond acceptors (Lipinski definition) is 5. The Labute approximate surface area is 147 Å². The SMILES string of the molecule is COc1ccc(NCC(C)C(=O)NC(=O)OCc2ccccc2)cc1. The number of imide groups is 1. The second-order valence-electron chi connectivity index (χ2n) is 5.56. The van der Waals surface area contributed by atoms with E-state index in [4.69, 9.17) is 9.47 Å². The maximum atomic E-state index is 12.0. The molecule has 0 aliphatic carbocycles. The summed E-state index contributed by atoms with van der Waals surface area (Å²) >= 11 is 0. The van der Waals surface area contributed by atoms with Gasteiger partial charge >= 0.3 is 6.09 Å². The van der Waals surface area contributed by atoms with Crippen LogP contribution in [0.5, 0.6) is 5.75 Å². The summed E-state index contributed by atoms with van der Waals surface area (Å²) in [5.41, 5.74) is 1.73. The van der Waals surface area contributed by atoms with Gasteiger partial charge in [-0.25, -0.2) is 4.79 Å². The Hall–Kier alpha value is -3.02. The van der Waals surface area contributed by atoms with Crippen molar-refractivity contribution in [1.82, 2.24) is 5.32 Å². The van der Waals surface area contributed by atoms with Gasteiger partial charge in [-0.1, -0.05) is 37.3 Å². The maximum Gasteiger partial charge on any atom is 0.414 e. The highest BCUT2D eigenvalue weighted by molar-refractivity contribution is 5.93. The summed E-state index contributed by atoms with van der Waals surface area (Å²) in [5.74, 6) is -0.0250. The Bertz CT molecular complexity index is 686. The van der Waals surface area contributed by atoms with Crippen LogP contribution in [0.15, 0.2) is 54.6 Å². The summed E-state index contributed by atoms with van der Waals surface area (Å²) in [6, 6.07) is 16.7. The number of anilines is 1. The number of hydrogen-bond donors (Lipinski definition) is 2. The van der Waals surface area contributed by atoms with Crippen LogP contribution in [0.3, 0.4) is 0 Å². The molecule has 2 aromatic rings. The number of ether oxygens (including phenoxy) is 2. The Kier molecular flexibility index (Phi) is 6.83. The average Bonchev–Trinajstić information content (AvgIpc) is 2.65. The van der Waals surface area contributed by atoms with Crippen LogP contribution in [0, 0.1) is 5.92 Å². The van der Waals surface area contributed by atoms with E-state index in [1.807, 2.05) is 54.6 Å². The summed E-state index contributed by atoms with van der Waals surface area (Å²) in [6.45, 7) is 2.25. The van der Waals surface area contributed by atoms with E-state index >= 15 is 0 Å². The molecule has 0 aliphatic heterocycles. The van der Waals surface area contributed by atoms with Crippen LogP contribution < -0.4 is 15.4 Å². The molecule has 1 atom stereocenters. The molecule has 0 fully saturated rings. The summed E-state index contributed by atoms with van der Waals surface area (Å²) in [7, 11) is 1.60. The van der Waals surface area contributed by atoms with Gasteiger partial charge in [-0.05, 0) is 29.8 Å². The molecule has 0 spiro atoms. The number of rotatable bonds is 7. The Morgan fingerprint density at radius 3 is 2.36 bits per heavy atom. The molecule has 1 unspecified atom stereocenters. The minimum absolute atomic E-state index is 0.123. The van der Waals surface area contributed by atoms with Crippen molar-refractivity contribution in [3.63, 3.8) is 0 Å². The van der Waals surface area contributed by atoms with E-state index in [0.717, 1.165) is 17.0 Å². The largest absolute Gasteiger partial charge is 0.497 e. The molecule has 6 nitrogen and oxygen atoms in total. The topological polar surface area (TPSA) is 76.7 Å². The first-order valence-corrected chi connectivity index (χ1v) is 7.98. The molecule has 0 saturated heterocycles. The molecule has 25 heavy (non-hydrogen) atoms. The lowest BCUT2D eigenvalue weighted by Crippen LogP contribution is -2.37. The zero-order valence-electron chi connectivity index (χ0n) is 14.3. The first kappa shape index (κ1) is 18.3. The van der Waals surface area contributed by atoms with Crippen molar-refractivity contribution < 1.29 is 19.1 Å². The molecule has 0 heterocycles. The van der Waals surface area contributed by atoms with E-state index in [-0.39, 0.29) is 12.5 Å². The van der Waals surface area contributed by atoms with Gasteiger partial charge in [-0.3, -0.25) is 10.1 Å². The van der Waals surface area contributed by atoms with Crippen molar-refractivity contribution in [2.24, 2.45) is 5.92 Å². The number of benzene rings is 2. The summed E-state index contributed by atoms with van der Waals surface area (Å²) in [5, 5.41) is 5.38. The lowest BCUT2D eigenvalue weighted by atomic mass is 10.1. The molecular weight excluding hydrogens is 320 g/mol. The fraction of sp³-hybridized carbons (Fsp3) is 0.263. The van der Waals surface area contributed by atoms with E-state index in [9.17, 15) is 9.59 Å². The highest BCUT2D eigenvalue weighted by Crippen LogP contribution is 2.15. The van der Waals surface area contributed by atoms with Crippen molar-refractivity contribution >= 4 is 17.7 Å². The number of carbonyl (C=O) groups excluding carboxylic acids is 2. The number of nitrogens with one attached hydrogen (secondary N) is 2. The van der Waals surface area contributed by atoms with Crippen molar-refractivity contribution in [2.45, 2.75) is 13.5 Å². The predicted octanol–water partition coefficient (Wildman–Crippen LogP) is 3.20. The molecule has 0 aliphatic rings. The van der Waals surface area contributed by atoms with Crippen LogP contribution >= 0.6 is 0 Å². The number of methoxy groups -OCH3 is 1. The highest BCUT2D eigenvalue weighted by Gasteiger charge is 2.16. The Morgan fingerprint density at radius 1 is 1.04 bits per heavy atom. The lowest BCUT2D eigenvalue weighted by molar-refractivity contribution is -0.123. The van der Waals surface area contributed by atoms with Crippen LogP contribution in [0.1, 0.15) is 12.5 Å². The number of amides is 2. The fourth-order valence-corrected chi connectivity index (χ4v) is 2.06. The second kappa shape index (κ2) is 9.32. The molecule has 2 rings (SSSR count). The zero-order valence-corrected chi connectivity index (χ0v) is 14.3. The van der Waals surface area contributed by atoms with Crippen LogP contribution in [0.25, 0.3) is 0 Å². The van der Waals surface area contributed by atoms with Crippen LogP contribution in [0.2, 0.25) is 0 Å². The molecule has 0 radical (unpaired) electrons. The van der Waals surface area contributed by atoms with Gasteiger partial charge in [0.05, 0.1) is 13.0 Å². The number of alkyl carbamates (subject to hydrolysis) is 1. The van der Waals surface area contributed by atoms with E-state index < -0.39 is 12.0 Å². The minimum atomic E-state index is -0.745. The van der Waals surface area contributed by atoms with E-state index in [1.54, 1.807) is 14.0 Å². The van der Waals surface area contributed by atoms with Gasteiger partial charge < -0.3 is 14.8 Å². The molecular formula is C19H22N2O4. The smallest absolute Gasteiger partial charge is 0.414 e. The summed E-state index contributed by atoms with van der Waals surface area (Å²) in [6.07, 6.45) is -0.745. The van der Waals surface area contributed by atoms with Gasteiger partial charge in [-0.15, -0.1) is 0 Å². The standard InChI is InChI=1S/C19H22N2O4/c1-14(12-20-16-8-10-17(24-2)11-9-16)18(22)21-19(23)25-13-15-6-4-3-5-7-15/h3-11,14,20H,12-13H2,1-2H3,(H,21,22,23). The molecule has 0 saturated carbocycles. The van der Waals surface area contributed by atoms with Gasteiger partial charge in [-0.2, -0.15) is 0 Å². The molecule has 2 amide bonds. The normalized spacial score (nSPS) is 11.3. The maximum absolute atomic E-state index is 12.0. The minimum Gasteiger partial charge on any atom is -0.497 e. The first-order valence-electron chi connectivity index (χ1n) is 7.98. The molecule has 0 bridgehead atoms. The summed E-state index contributed by atoms with van der Waals surface area (Å²) < 4.78 is 10.1. The molecule has 132 valence electrons. The fourth-order valence-electron chi connectivity index (χ4n) is 2.06. The lowest BCUT2D eigenvalue weighted by Gasteiger charge is -2.13. The molecule has 2 N–H and O–H groups in total. The van der Waals surface area contributed by atoms with Crippen molar-refractivity contribution in [2.75, 3.05) is 19.0 Å². The van der Waals surface area contributed by atoms with Gasteiger partial charge in [0.1, 0.15) is 12.4 Å². The third-order valence-electron chi connectivity index (χ3n) is 3.59. The van der Waals surface area contributed by atoms with Crippen LogP contribution in [0.4, 0.5) is 10.5 Å². The molecule has 2 aromatic carbocycles. The second-order valence-corrected chi connectivity index (χ2v) is 5.56. The number of carbonyl (C=O) groups is 2. The monoisotopic (exact) mass is 342 g/mol. The zero-order chi connectivity index (χ0) is 18.1. The average molecular weight is 342 g/mol. The highest BCUT2D eigenvalue weighted by atomic mass is 16.5. The van der Waals surface area contributed by atoms with Crippen molar-refractivity contribution in [3.05, 3.63) is 60.2 Å². The van der Waals surface area contributed by atoms with Crippen LogP contribution in [-0.2, 0) is 16.1 Å². The molecule has 6 heteroatoms. The quantitative estimate of drug-likeness (QED) is 0.808. The van der Waals surface area contributed by atoms with Gasteiger partial charge in [0.15, 0.2) is 0 Å². The van der Waals surface area contributed by atoms with E-state index in [0.29, 0.717) is 6.54 Å². The Morgan fingerprint density at radius 2 is 1.72 bits per heavy atom. The van der Waals surface area contributed by atoms with E-state index in [1.165, 1.54) is 0 Å². The Balaban J connectivity index is 1.72. The third-order valence-corrected chi connectivity index (χ3v) is 3.59. The van der Waals surface area contributed by atoms with Crippen molar-refractivity contribution in [3.8, 4) is 5.75 Å². The third kappa shape index (κ3) is 6.18. The van der Waals surface area contributed by atoms with Gasteiger partial charge in [0.25, 0.3) is 0 Å². The van der Waals surface area contributed by atoms with Gasteiger partial charge in [0.2, 0.25) is 5.91 Å². The first-order chi connectivity index (χ1) is 12.1. The van der Waals surface area contributed by atoms with E-state index in [2.05, 4.69) is 10.6 Å². The van der Waals surface area contributed by atoms with Gasteiger partial charge in [0, 0.05) is 12.2 Å². The molecule has 0 aromatic heterocycles.